The molecule has 4 nitrogen and oxygen atoms in total. The molecule has 2 aromatic heterocycles. The average molecular weight is 228 g/mol. The molecule has 0 fully saturated rings. The van der Waals surface area contributed by atoms with E-state index in [1.807, 2.05) is 41.1 Å². The summed E-state index contributed by atoms with van der Waals surface area (Å²) in [6.07, 6.45) is 3.81. The van der Waals surface area contributed by atoms with Gasteiger partial charge in [-0.3, -0.25) is 0 Å². The summed E-state index contributed by atoms with van der Waals surface area (Å²) in [5, 5.41) is 0. The number of methoxy groups -OCH3 is 2. The monoisotopic (exact) mass is 228 g/mol. The molecule has 0 saturated heterocycles. The van der Waals surface area contributed by atoms with Crippen molar-refractivity contribution in [2.24, 2.45) is 0 Å². The third kappa shape index (κ3) is 1.34. The summed E-state index contributed by atoms with van der Waals surface area (Å²) in [7, 11) is 3.30. The van der Waals surface area contributed by atoms with Crippen LogP contribution in [0.4, 0.5) is 0 Å². The number of nitrogens with zero attached hydrogens (tertiary/aromatic N) is 2. The molecule has 1 aromatic carbocycles. The lowest BCUT2D eigenvalue weighted by atomic mass is 10.2. The van der Waals surface area contributed by atoms with Crippen LogP contribution in [-0.2, 0) is 0 Å². The Morgan fingerprint density at radius 3 is 2.59 bits per heavy atom. The first-order chi connectivity index (χ1) is 8.35. The number of hydrogen-bond acceptors (Lipinski definition) is 3. The van der Waals surface area contributed by atoms with Gasteiger partial charge in [-0.2, -0.15) is 0 Å². The average Bonchev–Trinajstić information content (AvgIpc) is 2.85. The van der Waals surface area contributed by atoms with Gasteiger partial charge < -0.3 is 13.9 Å². The van der Waals surface area contributed by atoms with Crippen LogP contribution in [0.25, 0.3) is 16.6 Å². The fourth-order valence-corrected chi connectivity index (χ4v) is 2.06. The summed E-state index contributed by atoms with van der Waals surface area (Å²) in [5.74, 6) is 1.53. The first-order valence-corrected chi connectivity index (χ1v) is 5.32. The van der Waals surface area contributed by atoms with Crippen molar-refractivity contribution >= 4 is 16.6 Å². The van der Waals surface area contributed by atoms with Gasteiger partial charge in [0.15, 0.2) is 0 Å². The van der Waals surface area contributed by atoms with Gasteiger partial charge in [0, 0.05) is 6.20 Å². The van der Waals surface area contributed by atoms with Gasteiger partial charge in [-0.15, -0.1) is 0 Å². The maximum atomic E-state index is 5.39. The van der Waals surface area contributed by atoms with Gasteiger partial charge in [0.25, 0.3) is 0 Å². The standard InChI is InChI=1S/C13H12N2O2/c1-16-10-5-6-11(17-2)13-12(10)14-8-9-4-3-7-15(9)13/h3-8H,1-2H3. The molecule has 0 unspecified atom stereocenters. The van der Waals surface area contributed by atoms with E-state index in [0.717, 1.165) is 28.0 Å². The lowest BCUT2D eigenvalue weighted by Gasteiger charge is -2.10. The minimum atomic E-state index is 0.747. The zero-order chi connectivity index (χ0) is 11.8. The largest absolute Gasteiger partial charge is 0.494 e. The van der Waals surface area contributed by atoms with Gasteiger partial charge in [-0.1, -0.05) is 0 Å². The predicted octanol–water partition coefficient (Wildman–Crippen LogP) is 2.50. The van der Waals surface area contributed by atoms with Crippen LogP contribution < -0.4 is 9.47 Å². The highest BCUT2D eigenvalue weighted by molar-refractivity contribution is 5.89. The quantitative estimate of drug-likeness (QED) is 0.676. The fourth-order valence-electron chi connectivity index (χ4n) is 2.06. The Bertz CT molecular complexity index is 688. The highest BCUT2D eigenvalue weighted by atomic mass is 16.5. The maximum absolute atomic E-state index is 5.39. The number of benzene rings is 1. The normalized spacial score (nSPS) is 10.9. The molecule has 3 aromatic rings. The Morgan fingerprint density at radius 2 is 1.82 bits per heavy atom. The Morgan fingerprint density at radius 1 is 1.06 bits per heavy atom. The number of hydrogen-bond donors (Lipinski definition) is 0. The number of fused-ring (bicyclic) bond motifs is 3. The van der Waals surface area contributed by atoms with Crippen LogP contribution in [0.5, 0.6) is 11.5 Å². The molecular formula is C13H12N2O2. The van der Waals surface area contributed by atoms with Gasteiger partial charge in [-0.05, 0) is 24.3 Å². The van der Waals surface area contributed by atoms with Crippen molar-refractivity contribution in [3.8, 4) is 11.5 Å². The summed E-state index contributed by atoms with van der Waals surface area (Å²) >= 11 is 0. The zero-order valence-electron chi connectivity index (χ0n) is 9.68. The first-order valence-electron chi connectivity index (χ1n) is 5.32. The topological polar surface area (TPSA) is 35.8 Å². The van der Waals surface area contributed by atoms with Gasteiger partial charge in [0.2, 0.25) is 0 Å². The van der Waals surface area contributed by atoms with E-state index < -0.39 is 0 Å². The molecule has 0 spiro atoms. The Hall–Kier alpha value is -2.23. The molecule has 17 heavy (non-hydrogen) atoms. The Balaban J connectivity index is 2.54. The first kappa shape index (κ1) is 9.96. The van der Waals surface area contributed by atoms with Crippen LogP contribution in [0.3, 0.4) is 0 Å². The minimum absolute atomic E-state index is 0.747. The van der Waals surface area contributed by atoms with E-state index in [9.17, 15) is 0 Å². The molecular weight excluding hydrogens is 216 g/mol. The van der Waals surface area contributed by atoms with Crippen LogP contribution >= 0.6 is 0 Å². The summed E-state index contributed by atoms with van der Waals surface area (Å²) in [6.45, 7) is 0. The smallest absolute Gasteiger partial charge is 0.146 e. The molecule has 0 amide bonds. The van der Waals surface area contributed by atoms with Crippen molar-refractivity contribution in [1.29, 1.82) is 0 Å². The van der Waals surface area contributed by atoms with Gasteiger partial charge in [0.05, 0.1) is 25.9 Å². The van der Waals surface area contributed by atoms with Crippen molar-refractivity contribution in [1.82, 2.24) is 9.38 Å². The van der Waals surface area contributed by atoms with E-state index >= 15 is 0 Å². The van der Waals surface area contributed by atoms with E-state index in [2.05, 4.69) is 4.98 Å². The van der Waals surface area contributed by atoms with Crippen LogP contribution in [0.15, 0.2) is 36.7 Å². The Kier molecular flexibility index (Phi) is 2.14. The van der Waals surface area contributed by atoms with E-state index in [-0.39, 0.29) is 0 Å². The van der Waals surface area contributed by atoms with E-state index in [0.29, 0.717) is 0 Å². The second kappa shape index (κ2) is 3.66. The third-order valence-electron chi connectivity index (χ3n) is 2.86. The summed E-state index contributed by atoms with van der Waals surface area (Å²) in [4.78, 5) is 4.44. The molecule has 4 heteroatoms. The van der Waals surface area contributed by atoms with E-state index in [1.165, 1.54) is 0 Å². The van der Waals surface area contributed by atoms with Crippen molar-refractivity contribution in [2.75, 3.05) is 14.2 Å². The van der Waals surface area contributed by atoms with Gasteiger partial charge >= 0.3 is 0 Å². The van der Waals surface area contributed by atoms with Gasteiger partial charge in [0.1, 0.15) is 22.5 Å². The summed E-state index contributed by atoms with van der Waals surface area (Å²) < 4.78 is 12.8. The summed E-state index contributed by atoms with van der Waals surface area (Å²) in [5.41, 5.74) is 2.76. The molecule has 0 bridgehead atoms. The number of ether oxygens (including phenoxy) is 2. The highest BCUT2D eigenvalue weighted by Gasteiger charge is 2.11. The molecule has 0 atom stereocenters. The van der Waals surface area contributed by atoms with E-state index in [1.54, 1.807) is 14.2 Å². The lowest BCUT2D eigenvalue weighted by molar-refractivity contribution is 0.409. The van der Waals surface area contributed by atoms with Crippen LogP contribution in [0.1, 0.15) is 0 Å². The van der Waals surface area contributed by atoms with Crippen molar-refractivity contribution in [3.05, 3.63) is 36.7 Å². The molecule has 0 aliphatic carbocycles. The highest BCUT2D eigenvalue weighted by Crippen LogP contribution is 2.31. The maximum Gasteiger partial charge on any atom is 0.146 e. The van der Waals surface area contributed by atoms with Crippen LogP contribution in [0, 0.1) is 0 Å². The van der Waals surface area contributed by atoms with E-state index in [4.69, 9.17) is 9.47 Å². The molecule has 3 rings (SSSR count). The number of rotatable bonds is 2. The zero-order valence-corrected chi connectivity index (χ0v) is 9.68. The minimum Gasteiger partial charge on any atom is -0.494 e. The molecule has 0 aliphatic heterocycles. The van der Waals surface area contributed by atoms with Crippen molar-refractivity contribution in [3.63, 3.8) is 0 Å². The fraction of sp³-hybridized carbons (Fsp3) is 0.154. The van der Waals surface area contributed by atoms with Crippen molar-refractivity contribution in [2.45, 2.75) is 0 Å². The molecule has 0 aliphatic rings. The molecule has 2 heterocycles. The SMILES string of the molecule is COc1ccc(OC)c2c1ncc1cccn12. The molecule has 86 valence electrons. The number of aromatic nitrogens is 2. The van der Waals surface area contributed by atoms with Gasteiger partial charge in [-0.25, -0.2) is 4.98 Å². The molecule has 0 radical (unpaired) electrons. The van der Waals surface area contributed by atoms with Crippen LogP contribution in [0.2, 0.25) is 0 Å². The molecule has 0 N–H and O–H groups in total. The predicted molar refractivity (Wildman–Crippen MR) is 65.8 cm³/mol. The lowest BCUT2D eigenvalue weighted by Crippen LogP contribution is -1.96. The summed E-state index contributed by atoms with van der Waals surface area (Å²) in [6, 6.07) is 7.74. The second-order valence-corrected chi connectivity index (χ2v) is 3.73. The Labute approximate surface area is 98.4 Å². The van der Waals surface area contributed by atoms with Crippen molar-refractivity contribution < 1.29 is 9.47 Å². The second-order valence-electron chi connectivity index (χ2n) is 3.73. The molecule has 0 saturated carbocycles. The van der Waals surface area contributed by atoms with Crippen LogP contribution in [-0.4, -0.2) is 23.6 Å². The third-order valence-corrected chi connectivity index (χ3v) is 2.86.